The molecule has 1 N–H and O–H groups in total. The minimum Gasteiger partial charge on any atom is -0.432 e. The molecule has 3 aliphatic carbocycles. The molecule has 252 valence electrons. The summed E-state index contributed by atoms with van der Waals surface area (Å²) in [5.41, 5.74) is 6.26. The van der Waals surface area contributed by atoms with Crippen LogP contribution in [0, 0.1) is 35.0 Å². The third-order valence-corrected chi connectivity index (χ3v) is 21.7. The Balaban J connectivity index is 1.88. The molecule has 2 nitrogen and oxygen atoms in total. The molecular weight excluding hydrogens is 569 g/mol. The lowest BCUT2D eigenvalue weighted by atomic mass is 9.59. The van der Waals surface area contributed by atoms with Crippen molar-refractivity contribution in [3.63, 3.8) is 0 Å². The number of rotatable bonds is 11. The van der Waals surface area contributed by atoms with Crippen molar-refractivity contribution in [2.45, 2.75) is 169 Å². The number of hydrogen-bond donors (Lipinski definition) is 1. The van der Waals surface area contributed by atoms with Crippen molar-refractivity contribution in [1.82, 2.24) is 0 Å². The topological polar surface area (TPSA) is 29.5 Å². The first-order valence-corrected chi connectivity index (χ1v) is 24.0. The summed E-state index contributed by atoms with van der Waals surface area (Å²) in [7, 11) is -4.29. The molecule has 3 fully saturated rings. The molecule has 0 bridgehead atoms. The molecule has 3 aliphatic rings. The summed E-state index contributed by atoms with van der Waals surface area (Å²) >= 11 is 0. The lowest BCUT2D eigenvalue weighted by Gasteiger charge is -2.46. The summed E-state index contributed by atoms with van der Waals surface area (Å²) in [4.78, 5) is 11.2. The van der Waals surface area contributed by atoms with Crippen molar-refractivity contribution in [1.29, 1.82) is 0 Å². The van der Waals surface area contributed by atoms with Crippen LogP contribution in [0.4, 0.5) is 0 Å². The van der Waals surface area contributed by atoms with Crippen molar-refractivity contribution in [3.8, 4) is 0 Å². The van der Waals surface area contributed by atoms with E-state index in [4.69, 9.17) is 11.0 Å². The number of hydrogen-bond acceptors (Lipinski definition) is 2. The van der Waals surface area contributed by atoms with Gasteiger partial charge in [0, 0.05) is 0 Å². The summed E-state index contributed by atoms with van der Waals surface area (Å²) in [6.45, 7) is 39.2. The molecule has 0 amide bonds. The van der Waals surface area contributed by atoms with Gasteiger partial charge in [-0.25, -0.2) is 0 Å². The summed E-state index contributed by atoms with van der Waals surface area (Å²) < 4.78 is 7.11. The van der Waals surface area contributed by atoms with Crippen LogP contribution in [0.3, 0.4) is 0 Å². The van der Waals surface area contributed by atoms with E-state index in [1.54, 1.807) is 5.57 Å². The average molecular weight is 641 g/mol. The molecule has 0 heterocycles. The van der Waals surface area contributed by atoms with Gasteiger partial charge in [-0.3, -0.25) is 0 Å². The molecule has 0 aromatic rings. The Kier molecular flexibility index (Phi) is 11.9. The van der Waals surface area contributed by atoms with Crippen molar-refractivity contribution >= 4 is 16.6 Å². The fourth-order valence-corrected chi connectivity index (χ4v) is 10.6. The first-order valence-electron chi connectivity index (χ1n) is 18.1. The van der Waals surface area contributed by atoms with Gasteiger partial charge >= 0.3 is 0 Å². The Labute approximate surface area is 276 Å². The highest BCUT2D eigenvalue weighted by molar-refractivity contribution is 6.74. The van der Waals surface area contributed by atoms with Gasteiger partial charge < -0.3 is 9.22 Å². The van der Waals surface area contributed by atoms with Crippen LogP contribution in [0.2, 0.25) is 36.3 Å². The van der Waals surface area contributed by atoms with Gasteiger partial charge in [0.2, 0.25) is 0 Å². The molecule has 0 aromatic heterocycles. The summed E-state index contributed by atoms with van der Waals surface area (Å²) in [5.74, 6) is 3.42. The van der Waals surface area contributed by atoms with Gasteiger partial charge in [0.1, 0.15) is 0 Å². The van der Waals surface area contributed by atoms with Gasteiger partial charge in [-0.2, -0.15) is 0 Å². The lowest BCUT2D eigenvalue weighted by molar-refractivity contribution is 0.0743. The molecule has 3 saturated carbocycles. The van der Waals surface area contributed by atoms with Crippen LogP contribution in [0.25, 0.3) is 0 Å². The van der Waals surface area contributed by atoms with E-state index in [0.29, 0.717) is 11.3 Å². The average Bonchev–Trinajstić information content (AvgIpc) is 3.23. The predicted molar refractivity (Wildman–Crippen MR) is 199 cm³/mol. The highest BCUT2D eigenvalue weighted by Gasteiger charge is 2.51. The summed E-state index contributed by atoms with van der Waals surface area (Å²) in [6.07, 6.45) is 17.3. The molecule has 0 aliphatic heterocycles. The molecule has 44 heavy (non-hydrogen) atoms. The molecule has 4 heteroatoms. The molecule has 0 aromatic carbocycles. The monoisotopic (exact) mass is 641 g/mol. The second-order valence-corrected chi connectivity index (χ2v) is 27.9. The van der Waals surface area contributed by atoms with Crippen LogP contribution in [0.1, 0.15) is 127 Å². The van der Waals surface area contributed by atoms with Crippen LogP contribution in [-0.4, -0.2) is 27.5 Å². The van der Waals surface area contributed by atoms with E-state index in [-0.39, 0.29) is 16.2 Å². The van der Waals surface area contributed by atoms with Gasteiger partial charge in [0.25, 0.3) is 0 Å². The maximum absolute atomic E-state index is 11.2. The Bertz CT molecular complexity index is 1060. The quantitative estimate of drug-likeness (QED) is 0.180. The van der Waals surface area contributed by atoms with E-state index >= 15 is 0 Å². The van der Waals surface area contributed by atoms with Crippen molar-refractivity contribution < 1.29 is 9.22 Å². The maximum Gasteiger partial charge on any atom is 0.192 e. The predicted octanol–water partition coefficient (Wildman–Crippen LogP) is 12.4. The second kappa shape index (κ2) is 13.8. The molecule has 7 atom stereocenters. The molecular formula is C40H72O2Si2. The van der Waals surface area contributed by atoms with Gasteiger partial charge in [-0.05, 0) is 148 Å². The standard InChI is InChI=1S/C40H72O2Si2/c1-28(2)18-19-29(3)30(4)35-22-23-36-33(17-16-24-40(35,36)11)21-20-32-25-34(27-39(9,10)43(12,13)41)31(5)37(26-32)42-44(14,15)38(6,7)8/h20-21,29-30,34-37,41H,1,5,16-19,22-27H2,2-4,6-15H3/b32-20+,33-21+/t29-,30+,34-,35?,36?,37+,40+/m0/s1. The summed E-state index contributed by atoms with van der Waals surface area (Å²) in [6, 6.07) is 0. The SMILES string of the molecule is C=C(C)CC[C@H](C)[C@@H](C)C1CCC2/C(=C/C=C3\C[C@@H](CC(C)(C)[Si](C)(C)O)C(=C)[C@H](O[Si](C)(C)C(C)(C)C)C3)CCC[C@@]21C. The Morgan fingerprint density at radius 3 is 2.27 bits per heavy atom. The van der Waals surface area contributed by atoms with E-state index in [1.165, 1.54) is 61.7 Å². The zero-order valence-corrected chi connectivity index (χ0v) is 33.5. The third kappa shape index (κ3) is 8.42. The number of fused-ring (bicyclic) bond motifs is 1. The van der Waals surface area contributed by atoms with E-state index in [2.05, 4.69) is 107 Å². The lowest BCUT2D eigenvalue weighted by Crippen LogP contribution is -2.46. The first-order chi connectivity index (χ1) is 20.0. The molecule has 3 rings (SSSR count). The van der Waals surface area contributed by atoms with Crippen molar-refractivity contribution in [2.75, 3.05) is 0 Å². The Hall–Kier alpha value is -0.686. The van der Waals surface area contributed by atoms with Crippen LogP contribution in [0.15, 0.2) is 47.6 Å². The van der Waals surface area contributed by atoms with Gasteiger partial charge in [-0.15, -0.1) is 6.58 Å². The van der Waals surface area contributed by atoms with Gasteiger partial charge in [0.15, 0.2) is 16.6 Å². The van der Waals surface area contributed by atoms with E-state index in [0.717, 1.165) is 42.9 Å². The van der Waals surface area contributed by atoms with Crippen LogP contribution < -0.4 is 0 Å². The van der Waals surface area contributed by atoms with E-state index in [1.807, 2.05) is 0 Å². The van der Waals surface area contributed by atoms with E-state index < -0.39 is 16.6 Å². The normalized spacial score (nSPS) is 32.2. The molecule has 0 radical (unpaired) electrons. The van der Waals surface area contributed by atoms with Crippen LogP contribution in [-0.2, 0) is 4.43 Å². The molecule has 0 saturated heterocycles. The molecule has 0 spiro atoms. The fraction of sp³-hybridized carbons (Fsp3) is 0.800. The molecule has 2 unspecified atom stereocenters. The third-order valence-electron chi connectivity index (χ3n) is 13.7. The summed E-state index contributed by atoms with van der Waals surface area (Å²) in [5, 5.41) is 0.0847. The van der Waals surface area contributed by atoms with Crippen molar-refractivity contribution in [2.24, 2.45) is 35.0 Å². The van der Waals surface area contributed by atoms with Gasteiger partial charge in [-0.1, -0.05) is 90.8 Å². The van der Waals surface area contributed by atoms with Crippen LogP contribution >= 0.6 is 0 Å². The Morgan fingerprint density at radius 1 is 1.07 bits per heavy atom. The zero-order chi connectivity index (χ0) is 33.5. The first kappa shape index (κ1) is 37.8. The highest BCUT2D eigenvalue weighted by atomic mass is 28.4. The van der Waals surface area contributed by atoms with Gasteiger partial charge in [0.05, 0.1) is 6.10 Å². The fourth-order valence-electron chi connectivity index (χ4n) is 8.52. The zero-order valence-electron chi connectivity index (χ0n) is 31.5. The largest absolute Gasteiger partial charge is 0.432 e. The smallest absolute Gasteiger partial charge is 0.192 e. The Morgan fingerprint density at radius 2 is 1.70 bits per heavy atom. The van der Waals surface area contributed by atoms with E-state index in [9.17, 15) is 4.80 Å². The second-order valence-electron chi connectivity index (χ2n) is 18.7. The van der Waals surface area contributed by atoms with Crippen molar-refractivity contribution in [3.05, 3.63) is 47.6 Å². The highest BCUT2D eigenvalue weighted by Crippen LogP contribution is 2.60. The van der Waals surface area contributed by atoms with Crippen LogP contribution in [0.5, 0.6) is 0 Å². The minimum absolute atomic E-state index is 0.0765. The maximum atomic E-state index is 11.2. The minimum atomic E-state index is -2.33. The number of allylic oxidation sites excluding steroid dienone is 4.